The number of nitrogen functional groups attached to an aromatic ring is 1. The van der Waals surface area contributed by atoms with Crippen LogP contribution in [-0.4, -0.2) is 12.4 Å². The molecular weight excluding hydrogens is 254 g/mol. The summed E-state index contributed by atoms with van der Waals surface area (Å²) in [6.45, 7) is 4.77. The molecule has 0 spiro atoms. The van der Waals surface area contributed by atoms with E-state index in [1.54, 1.807) is 11.8 Å². The highest BCUT2D eigenvalue weighted by atomic mass is 32.2. The Morgan fingerprint density at radius 1 is 1.00 bits per heavy atom. The minimum atomic E-state index is 0.683. The van der Waals surface area contributed by atoms with Crippen molar-refractivity contribution in [2.45, 2.75) is 18.7 Å². The molecule has 100 valence electrons. The standard InChI is InChI=1S/C16H19NOS/c1-12-6-3-4-8-14(12)18-10-11-19-15-9-5-7-13(2)16(15)17/h3-9H,10-11,17H2,1-2H3. The molecule has 0 aromatic heterocycles. The lowest BCUT2D eigenvalue weighted by atomic mass is 10.2. The van der Waals surface area contributed by atoms with Gasteiger partial charge in [-0.3, -0.25) is 0 Å². The van der Waals surface area contributed by atoms with Crippen LogP contribution >= 0.6 is 11.8 Å². The van der Waals surface area contributed by atoms with Crippen molar-refractivity contribution in [1.82, 2.24) is 0 Å². The van der Waals surface area contributed by atoms with Crippen LogP contribution in [0.1, 0.15) is 11.1 Å². The van der Waals surface area contributed by atoms with Gasteiger partial charge in [0.2, 0.25) is 0 Å². The Morgan fingerprint density at radius 3 is 2.53 bits per heavy atom. The minimum Gasteiger partial charge on any atom is -0.492 e. The van der Waals surface area contributed by atoms with Crippen molar-refractivity contribution in [3.8, 4) is 5.75 Å². The highest BCUT2D eigenvalue weighted by molar-refractivity contribution is 7.99. The zero-order valence-electron chi connectivity index (χ0n) is 11.3. The number of para-hydroxylation sites is 2. The first-order valence-electron chi connectivity index (χ1n) is 6.35. The number of rotatable bonds is 5. The second-order valence-corrected chi connectivity index (χ2v) is 5.59. The molecule has 0 unspecified atom stereocenters. The van der Waals surface area contributed by atoms with Gasteiger partial charge in [0.25, 0.3) is 0 Å². The number of nitrogens with two attached hydrogens (primary N) is 1. The van der Waals surface area contributed by atoms with Crippen molar-refractivity contribution in [3.63, 3.8) is 0 Å². The van der Waals surface area contributed by atoms with Gasteiger partial charge in [0.05, 0.1) is 6.61 Å². The minimum absolute atomic E-state index is 0.683. The van der Waals surface area contributed by atoms with E-state index < -0.39 is 0 Å². The molecule has 0 fully saturated rings. The van der Waals surface area contributed by atoms with Gasteiger partial charge >= 0.3 is 0 Å². The number of aryl methyl sites for hydroxylation is 2. The first kappa shape index (κ1) is 13.8. The molecule has 2 N–H and O–H groups in total. The predicted molar refractivity (Wildman–Crippen MR) is 83.0 cm³/mol. The second kappa shape index (κ2) is 6.53. The first-order valence-corrected chi connectivity index (χ1v) is 7.33. The van der Waals surface area contributed by atoms with E-state index >= 15 is 0 Å². The zero-order valence-corrected chi connectivity index (χ0v) is 12.2. The first-order chi connectivity index (χ1) is 9.18. The third-order valence-electron chi connectivity index (χ3n) is 2.98. The van der Waals surface area contributed by atoms with Gasteiger partial charge in [0.1, 0.15) is 5.75 Å². The molecule has 19 heavy (non-hydrogen) atoms. The lowest BCUT2D eigenvalue weighted by molar-refractivity contribution is 0.341. The van der Waals surface area contributed by atoms with Crippen LogP contribution in [0.3, 0.4) is 0 Å². The normalized spacial score (nSPS) is 10.4. The van der Waals surface area contributed by atoms with E-state index in [2.05, 4.69) is 19.1 Å². The Kier molecular flexibility index (Phi) is 4.74. The second-order valence-electron chi connectivity index (χ2n) is 4.45. The summed E-state index contributed by atoms with van der Waals surface area (Å²) in [6.07, 6.45) is 0. The van der Waals surface area contributed by atoms with E-state index in [-0.39, 0.29) is 0 Å². The number of anilines is 1. The van der Waals surface area contributed by atoms with E-state index in [0.29, 0.717) is 6.61 Å². The van der Waals surface area contributed by atoms with Gasteiger partial charge in [-0.05, 0) is 37.1 Å². The summed E-state index contributed by atoms with van der Waals surface area (Å²) in [4.78, 5) is 1.13. The van der Waals surface area contributed by atoms with Crippen LogP contribution in [-0.2, 0) is 0 Å². The van der Waals surface area contributed by atoms with Gasteiger partial charge < -0.3 is 10.5 Å². The summed E-state index contributed by atoms with van der Waals surface area (Å²) < 4.78 is 5.77. The lowest BCUT2D eigenvalue weighted by Gasteiger charge is -2.10. The quantitative estimate of drug-likeness (QED) is 0.507. The molecule has 0 radical (unpaired) electrons. The molecule has 0 aliphatic heterocycles. The van der Waals surface area contributed by atoms with Crippen molar-refractivity contribution in [1.29, 1.82) is 0 Å². The van der Waals surface area contributed by atoms with E-state index in [0.717, 1.165) is 27.6 Å². The van der Waals surface area contributed by atoms with Crippen LogP contribution < -0.4 is 10.5 Å². The predicted octanol–water partition coefficient (Wildman–Crippen LogP) is 4.06. The molecule has 2 rings (SSSR count). The summed E-state index contributed by atoms with van der Waals surface area (Å²) >= 11 is 1.74. The Balaban J connectivity index is 1.84. The number of hydrogen-bond acceptors (Lipinski definition) is 3. The molecule has 0 bridgehead atoms. The molecule has 2 aromatic rings. The molecule has 3 heteroatoms. The summed E-state index contributed by atoms with van der Waals surface area (Å²) in [5, 5.41) is 0. The SMILES string of the molecule is Cc1ccccc1OCCSc1cccc(C)c1N. The van der Waals surface area contributed by atoms with Crippen molar-refractivity contribution in [2.75, 3.05) is 18.1 Å². The number of hydrogen-bond donors (Lipinski definition) is 1. The molecule has 2 aromatic carbocycles. The third kappa shape index (κ3) is 3.67. The fourth-order valence-corrected chi connectivity index (χ4v) is 2.68. The number of benzene rings is 2. The summed E-state index contributed by atoms with van der Waals surface area (Å²) in [5.41, 5.74) is 9.22. The van der Waals surface area contributed by atoms with Gasteiger partial charge in [-0.1, -0.05) is 30.3 Å². The summed E-state index contributed by atoms with van der Waals surface area (Å²) in [6, 6.07) is 14.2. The molecule has 0 heterocycles. The van der Waals surface area contributed by atoms with Crippen LogP contribution in [0.5, 0.6) is 5.75 Å². The highest BCUT2D eigenvalue weighted by Gasteiger charge is 2.03. The van der Waals surface area contributed by atoms with Gasteiger partial charge in [-0.25, -0.2) is 0 Å². The maximum absolute atomic E-state index is 6.04. The summed E-state index contributed by atoms with van der Waals surface area (Å²) in [7, 11) is 0. The van der Waals surface area contributed by atoms with Crippen molar-refractivity contribution in [2.24, 2.45) is 0 Å². The van der Waals surface area contributed by atoms with Crippen molar-refractivity contribution in [3.05, 3.63) is 53.6 Å². The summed E-state index contributed by atoms with van der Waals surface area (Å²) in [5.74, 6) is 1.85. The fraction of sp³-hybridized carbons (Fsp3) is 0.250. The van der Waals surface area contributed by atoms with Crippen molar-refractivity contribution < 1.29 is 4.74 Å². The van der Waals surface area contributed by atoms with Gasteiger partial charge in [-0.15, -0.1) is 11.8 Å². The molecule has 2 nitrogen and oxygen atoms in total. The van der Waals surface area contributed by atoms with E-state index in [9.17, 15) is 0 Å². The average Bonchev–Trinajstić information content (AvgIpc) is 2.41. The largest absolute Gasteiger partial charge is 0.492 e. The lowest BCUT2D eigenvalue weighted by Crippen LogP contribution is -2.02. The van der Waals surface area contributed by atoms with Crippen LogP contribution in [0, 0.1) is 13.8 Å². The van der Waals surface area contributed by atoms with E-state index in [1.807, 2.05) is 37.3 Å². The number of thioether (sulfide) groups is 1. The average molecular weight is 273 g/mol. The Bertz CT molecular complexity index is 554. The zero-order chi connectivity index (χ0) is 13.7. The maximum atomic E-state index is 6.04. The van der Waals surface area contributed by atoms with Gasteiger partial charge in [-0.2, -0.15) is 0 Å². The van der Waals surface area contributed by atoms with Crippen LogP contribution in [0.2, 0.25) is 0 Å². The maximum Gasteiger partial charge on any atom is 0.122 e. The third-order valence-corrected chi connectivity index (χ3v) is 4.01. The highest BCUT2D eigenvalue weighted by Crippen LogP contribution is 2.27. The molecule has 0 aliphatic carbocycles. The molecule has 0 saturated heterocycles. The molecule has 0 saturated carbocycles. The molecular formula is C16H19NOS. The van der Waals surface area contributed by atoms with Gasteiger partial charge in [0.15, 0.2) is 0 Å². The van der Waals surface area contributed by atoms with Crippen LogP contribution in [0.25, 0.3) is 0 Å². The van der Waals surface area contributed by atoms with E-state index in [1.165, 1.54) is 5.56 Å². The van der Waals surface area contributed by atoms with E-state index in [4.69, 9.17) is 10.5 Å². The molecule has 0 aliphatic rings. The molecule has 0 atom stereocenters. The van der Waals surface area contributed by atoms with Crippen molar-refractivity contribution >= 4 is 17.4 Å². The monoisotopic (exact) mass is 273 g/mol. The molecule has 0 amide bonds. The van der Waals surface area contributed by atoms with Gasteiger partial charge in [0, 0.05) is 16.3 Å². The number of ether oxygens (including phenoxy) is 1. The Morgan fingerprint density at radius 2 is 1.74 bits per heavy atom. The fourth-order valence-electron chi connectivity index (χ4n) is 1.80. The topological polar surface area (TPSA) is 35.2 Å². The Labute approximate surface area is 119 Å². The van der Waals surface area contributed by atoms with Crippen LogP contribution in [0.15, 0.2) is 47.4 Å². The van der Waals surface area contributed by atoms with Crippen LogP contribution in [0.4, 0.5) is 5.69 Å². The Hall–Kier alpha value is -1.61. The smallest absolute Gasteiger partial charge is 0.122 e.